The van der Waals surface area contributed by atoms with Crippen molar-refractivity contribution in [1.82, 2.24) is 0 Å². The van der Waals surface area contributed by atoms with Gasteiger partial charge in [0.05, 0.1) is 4.92 Å². The molecule has 0 spiro atoms. The molecule has 0 atom stereocenters. The molecule has 0 fully saturated rings. The van der Waals surface area contributed by atoms with Gasteiger partial charge in [0.25, 0.3) is 5.69 Å². The van der Waals surface area contributed by atoms with Crippen LogP contribution < -0.4 is 0 Å². The lowest BCUT2D eigenvalue weighted by atomic mass is 10.00. The number of benzene rings is 1. The summed E-state index contributed by atoms with van der Waals surface area (Å²) in [4.78, 5) is 10.5. The van der Waals surface area contributed by atoms with Crippen LogP contribution in [0.15, 0.2) is 16.6 Å². The lowest BCUT2D eigenvalue weighted by molar-refractivity contribution is -0.385. The number of hydrogen-bond donors (Lipinski definition) is 0. The molecule has 0 bridgehead atoms. The van der Waals surface area contributed by atoms with Crippen LogP contribution in [0.5, 0.6) is 0 Å². The smallest absolute Gasteiger partial charge is 0.258 e. The largest absolute Gasteiger partial charge is 0.274 e. The van der Waals surface area contributed by atoms with Crippen LogP contribution in [0.2, 0.25) is 0 Å². The third-order valence-electron chi connectivity index (χ3n) is 2.10. The Morgan fingerprint density at radius 3 is 2.53 bits per heavy atom. The molecule has 1 aromatic carbocycles. The van der Waals surface area contributed by atoms with Gasteiger partial charge in [0.1, 0.15) is 0 Å². The first-order valence-electron chi connectivity index (χ1n) is 4.50. The van der Waals surface area contributed by atoms with Gasteiger partial charge in [-0.05, 0) is 17.5 Å². The second kappa shape index (κ2) is 4.94. The van der Waals surface area contributed by atoms with Crippen LogP contribution in [0.3, 0.4) is 0 Å². The highest BCUT2D eigenvalue weighted by Crippen LogP contribution is 2.34. The second-order valence-corrected chi connectivity index (χ2v) is 4.68. The molecule has 1 aromatic rings. The highest BCUT2D eigenvalue weighted by atomic mass is 79.9. The molecule has 15 heavy (non-hydrogen) atoms. The second-order valence-electron chi connectivity index (χ2n) is 3.56. The Bertz CT molecular complexity index is 393. The minimum atomic E-state index is -0.365. The van der Waals surface area contributed by atoms with Crippen LogP contribution in [0.4, 0.5) is 5.69 Å². The molecule has 3 nitrogen and oxygen atoms in total. The number of nitro benzene ring substituents is 1. The summed E-state index contributed by atoms with van der Waals surface area (Å²) in [5, 5.41) is 10.9. The lowest BCUT2D eigenvalue weighted by Crippen LogP contribution is -2.00. The number of halogens is 2. The molecule has 0 aliphatic carbocycles. The van der Waals surface area contributed by atoms with Crippen LogP contribution >= 0.6 is 27.5 Å². The van der Waals surface area contributed by atoms with Crippen molar-refractivity contribution in [3.8, 4) is 0 Å². The van der Waals surface area contributed by atoms with E-state index in [-0.39, 0.29) is 22.4 Å². The topological polar surface area (TPSA) is 43.1 Å². The molecule has 0 radical (unpaired) electrons. The monoisotopic (exact) mass is 291 g/mol. The molecule has 0 aliphatic rings. The molecule has 1 rings (SSSR count). The fourth-order valence-electron chi connectivity index (χ4n) is 1.46. The van der Waals surface area contributed by atoms with Crippen LogP contribution in [-0.2, 0) is 5.88 Å². The molecule has 0 saturated carbocycles. The van der Waals surface area contributed by atoms with Gasteiger partial charge in [0.15, 0.2) is 0 Å². The fraction of sp³-hybridized carbons (Fsp3) is 0.400. The predicted octanol–water partition coefficient (Wildman–Crippen LogP) is 4.22. The van der Waals surface area contributed by atoms with Crippen molar-refractivity contribution in [3.63, 3.8) is 0 Å². The number of rotatable bonds is 3. The summed E-state index contributed by atoms with van der Waals surface area (Å²) in [5.41, 5.74) is 1.60. The predicted molar refractivity (Wildman–Crippen MR) is 64.4 cm³/mol. The highest BCUT2D eigenvalue weighted by Gasteiger charge is 2.20. The molecule has 0 saturated heterocycles. The van der Waals surface area contributed by atoms with Gasteiger partial charge in [-0.25, -0.2) is 0 Å². The van der Waals surface area contributed by atoms with Crippen LogP contribution in [0, 0.1) is 10.1 Å². The van der Waals surface area contributed by atoms with Crippen LogP contribution in [-0.4, -0.2) is 4.92 Å². The van der Waals surface area contributed by atoms with Crippen LogP contribution in [0.25, 0.3) is 0 Å². The molecule has 0 N–H and O–H groups in total. The Labute approximate surface area is 102 Å². The highest BCUT2D eigenvalue weighted by molar-refractivity contribution is 9.10. The van der Waals surface area contributed by atoms with Gasteiger partial charge in [0.2, 0.25) is 0 Å². The van der Waals surface area contributed by atoms with Crippen molar-refractivity contribution in [2.45, 2.75) is 25.6 Å². The van der Waals surface area contributed by atoms with Gasteiger partial charge in [-0.1, -0.05) is 29.8 Å². The Morgan fingerprint density at radius 1 is 1.53 bits per heavy atom. The SMILES string of the molecule is CC(C)c1c(Br)cc(CCl)cc1[N+](=O)[O-]. The average Bonchev–Trinajstić information content (AvgIpc) is 2.15. The summed E-state index contributed by atoms with van der Waals surface area (Å²) >= 11 is 9.01. The third-order valence-corrected chi connectivity index (χ3v) is 3.06. The minimum absolute atomic E-state index is 0.101. The van der Waals surface area contributed by atoms with Gasteiger partial charge in [0, 0.05) is 22.0 Å². The average molecular weight is 293 g/mol. The van der Waals surface area contributed by atoms with E-state index < -0.39 is 0 Å². The van der Waals surface area contributed by atoms with E-state index in [1.165, 1.54) is 6.07 Å². The molecule has 82 valence electrons. The number of hydrogen-bond acceptors (Lipinski definition) is 2. The summed E-state index contributed by atoms with van der Waals surface area (Å²) in [7, 11) is 0. The van der Waals surface area contributed by atoms with Crippen molar-refractivity contribution in [3.05, 3.63) is 37.8 Å². The van der Waals surface area contributed by atoms with E-state index in [4.69, 9.17) is 11.6 Å². The van der Waals surface area contributed by atoms with E-state index in [1.54, 1.807) is 0 Å². The van der Waals surface area contributed by atoms with E-state index in [2.05, 4.69) is 15.9 Å². The molecule has 5 heteroatoms. The summed E-state index contributed by atoms with van der Waals surface area (Å²) in [5.74, 6) is 0.377. The van der Waals surface area contributed by atoms with Crippen molar-refractivity contribution < 1.29 is 4.92 Å². The first-order valence-corrected chi connectivity index (χ1v) is 5.82. The van der Waals surface area contributed by atoms with E-state index in [0.29, 0.717) is 5.56 Å². The Morgan fingerprint density at radius 2 is 2.13 bits per heavy atom. The number of nitro groups is 1. The summed E-state index contributed by atoms with van der Waals surface area (Å²) in [6.45, 7) is 3.85. The first-order chi connectivity index (χ1) is 6.97. The van der Waals surface area contributed by atoms with Gasteiger partial charge in [-0.15, -0.1) is 11.6 Å². The summed E-state index contributed by atoms with van der Waals surface area (Å²) in [6.07, 6.45) is 0. The van der Waals surface area contributed by atoms with E-state index in [0.717, 1.165) is 10.0 Å². The molecular formula is C10H11BrClNO2. The van der Waals surface area contributed by atoms with E-state index >= 15 is 0 Å². The molecule has 0 aromatic heterocycles. The van der Waals surface area contributed by atoms with E-state index in [9.17, 15) is 10.1 Å². The maximum Gasteiger partial charge on any atom is 0.274 e. The van der Waals surface area contributed by atoms with Gasteiger partial charge in [-0.2, -0.15) is 0 Å². The standard InChI is InChI=1S/C10H11BrClNO2/c1-6(2)10-8(11)3-7(5-12)4-9(10)13(14)15/h3-4,6H,5H2,1-2H3. The van der Waals surface area contributed by atoms with Crippen molar-refractivity contribution in [2.24, 2.45) is 0 Å². The van der Waals surface area contributed by atoms with E-state index in [1.807, 2.05) is 19.9 Å². The van der Waals surface area contributed by atoms with Crippen molar-refractivity contribution in [2.75, 3.05) is 0 Å². The Kier molecular flexibility index (Phi) is 4.11. The number of nitrogens with zero attached hydrogens (tertiary/aromatic N) is 1. The molecule has 0 aliphatic heterocycles. The maximum atomic E-state index is 10.9. The van der Waals surface area contributed by atoms with Crippen molar-refractivity contribution in [1.29, 1.82) is 0 Å². The van der Waals surface area contributed by atoms with Gasteiger partial charge in [-0.3, -0.25) is 10.1 Å². The normalized spacial score (nSPS) is 10.7. The molecule has 0 unspecified atom stereocenters. The zero-order chi connectivity index (χ0) is 11.6. The van der Waals surface area contributed by atoms with Gasteiger partial charge < -0.3 is 0 Å². The number of alkyl halides is 1. The molecular weight excluding hydrogens is 281 g/mol. The zero-order valence-electron chi connectivity index (χ0n) is 8.46. The zero-order valence-corrected chi connectivity index (χ0v) is 10.8. The molecule has 0 amide bonds. The lowest BCUT2D eigenvalue weighted by Gasteiger charge is -2.10. The minimum Gasteiger partial charge on any atom is -0.258 e. The fourth-order valence-corrected chi connectivity index (χ4v) is 2.57. The van der Waals surface area contributed by atoms with Gasteiger partial charge >= 0.3 is 0 Å². The summed E-state index contributed by atoms with van der Waals surface area (Å²) < 4.78 is 0.752. The Hall–Kier alpha value is -0.610. The molecule has 0 heterocycles. The van der Waals surface area contributed by atoms with Crippen molar-refractivity contribution >= 4 is 33.2 Å². The Balaban J connectivity index is 3.42. The third kappa shape index (κ3) is 2.69. The van der Waals surface area contributed by atoms with Crippen LogP contribution in [0.1, 0.15) is 30.9 Å². The first kappa shape index (κ1) is 12.5. The maximum absolute atomic E-state index is 10.9. The summed E-state index contributed by atoms with van der Waals surface area (Å²) in [6, 6.07) is 3.36. The quantitative estimate of drug-likeness (QED) is 0.475.